The van der Waals surface area contributed by atoms with Crippen molar-refractivity contribution in [2.24, 2.45) is 0 Å². The lowest BCUT2D eigenvalue weighted by atomic mass is 10.1. The number of hydrogen-bond acceptors (Lipinski definition) is 4. The Hall–Kier alpha value is -3.93. The molecule has 1 aliphatic rings. The molecule has 3 aromatic carbocycles. The molecule has 3 amide bonds. The van der Waals surface area contributed by atoms with Gasteiger partial charge in [-0.1, -0.05) is 42.5 Å². The minimum absolute atomic E-state index is 0.199. The Morgan fingerprint density at radius 1 is 0.867 bits per heavy atom. The summed E-state index contributed by atoms with van der Waals surface area (Å²) in [6.07, 6.45) is 0. The van der Waals surface area contributed by atoms with Gasteiger partial charge in [0.2, 0.25) is 0 Å². The maximum atomic E-state index is 12.8. The first-order valence-electron chi connectivity index (χ1n) is 9.52. The van der Waals surface area contributed by atoms with E-state index >= 15 is 0 Å². The maximum Gasteiger partial charge on any atom is 0.261 e. The summed E-state index contributed by atoms with van der Waals surface area (Å²) in [5.41, 5.74) is 2.66. The summed E-state index contributed by atoms with van der Waals surface area (Å²) >= 11 is 0. The number of nitrogens with zero attached hydrogens (tertiary/aromatic N) is 1. The van der Waals surface area contributed by atoms with Gasteiger partial charge in [0, 0.05) is 12.1 Å². The summed E-state index contributed by atoms with van der Waals surface area (Å²) in [4.78, 5) is 39.2. The van der Waals surface area contributed by atoms with Gasteiger partial charge in [-0.05, 0) is 41.5 Å². The van der Waals surface area contributed by atoms with Crippen LogP contribution in [-0.2, 0) is 13.1 Å². The number of hydrogen-bond donors (Lipinski definition) is 1. The van der Waals surface area contributed by atoms with Crippen molar-refractivity contribution in [3.8, 4) is 5.75 Å². The zero-order valence-electron chi connectivity index (χ0n) is 16.4. The average Bonchev–Trinajstić information content (AvgIpc) is 3.02. The minimum atomic E-state index is -0.388. The van der Waals surface area contributed by atoms with Crippen molar-refractivity contribution in [1.29, 1.82) is 0 Å². The van der Waals surface area contributed by atoms with Crippen LogP contribution in [0.2, 0.25) is 0 Å². The molecule has 0 aromatic heterocycles. The normalized spacial score (nSPS) is 12.6. The lowest BCUT2D eigenvalue weighted by Gasteiger charge is -2.13. The van der Waals surface area contributed by atoms with Crippen LogP contribution in [0, 0.1) is 0 Å². The van der Waals surface area contributed by atoms with E-state index in [9.17, 15) is 14.4 Å². The van der Waals surface area contributed by atoms with Gasteiger partial charge in [-0.15, -0.1) is 0 Å². The van der Waals surface area contributed by atoms with Crippen LogP contribution in [0.15, 0.2) is 72.8 Å². The number of rotatable bonds is 6. The summed E-state index contributed by atoms with van der Waals surface area (Å²) in [6, 6.07) is 21.3. The molecule has 1 N–H and O–H groups in total. The molecule has 0 atom stereocenters. The summed E-state index contributed by atoms with van der Waals surface area (Å²) < 4.78 is 5.18. The van der Waals surface area contributed by atoms with E-state index in [1.807, 2.05) is 54.6 Å². The van der Waals surface area contributed by atoms with Crippen LogP contribution in [0.3, 0.4) is 0 Å². The van der Waals surface area contributed by atoms with E-state index in [4.69, 9.17) is 4.74 Å². The molecule has 0 saturated carbocycles. The van der Waals surface area contributed by atoms with E-state index in [1.165, 1.54) is 11.0 Å². The van der Waals surface area contributed by atoms with Gasteiger partial charge in [-0.3, -0.25) is 19.3 Å². The highest BCUT2D eigenvalue weighted by Gasteiger charge is 2.35. The third-order valence-electron chi connectivity index (χ3n) is 5.00. The fourth-order valence-corrected chi connectivity index (χ4v) is 3.41. The quantitative estimate of drug-likeness (QED) is 0.644. The van der Waals surface area contributed by atoms with Gasteiger partial charge >= 0.3 is 0 Å². The Labute approximate surface area is 174 Å². The van der Waals surface area contributed by atoms with Gasteiger partial charge in [0.25, 0.3) is 17.7 Å². The van der Waals surface area contributed by atoms with E-state index < -0.39 is 0 Å². The van der Waals surface area contributed by atoms with E-state index in [1.54, 1.807) is 19.2 Å². The molecule has 0 saturated heterocycles. The molecule has 6 heteroatoms. The van der Waals surface area contributed by atoms with Gasteiger partial charge < -0.3 is 10.1 Å². The maximum absolute atomic E-state index is 12.8. The summed E-state index contributed by atoms with van der Waals surface area (Å²) in [7, 11) is 1.58. The highest BCUT2D eigenvalue weighted by atomic mass is 16.5. The number of amides is 3. The number of fused-ring (bicyclic) bond motifs is 1. The zero-order valence-corrected chi connectivity index (χ0v) is 16.4. The van der Waals surface area contributed by atoms with E-state index in [0.29, 0.717) is 23.4 Å². The summed E-state index contributed by atoms with van der Waals surface area (Å²) in [6.45, 7) is 0.519. The van der Waals surface area contributed by atoms with Crippen LogP contribution in [0.25, 0.3) is 0 Å². The van der Waals surface area contributed by atoms with Crippen LogP contribution < -0.4 is 10.1 Å². The lowest BCUT2D eigenvalue weighted by molar-refractivity contribution is 0.0642. The fraction of sp³-hybridized carbons (Fsp3) is 0.125. The molecule has 0 unspecified atom stereocenters. The Kier molecular flexibility index (Phi) is 5.30. The topological polar surface area (TPSA) is 75.7 Å². The van der Waals surface area contributed by atoms with Crippen molar-refractivity contribution >= 4 is 17.7 Å². The number of methoxy groups -OCH3 is 1. The van der Waals surface area contributed by atoms with Gasteiger partial charge in [0.15, 0.2) is 0 Å². The molecule has 150 valence electrons. The molecular formula is C24H20N2O4. The molecule has 4 rings (SSSR count). The first kappa shape index (κ1) is 19.4. The second-order valence-corrected chi connectivity index (χ2v) is 6.98. The number of benzene rings is 3. The Bertz CT molecular complexity index is 1130. The predicted molar refractivity (Wildman–Crippen MR) is 111 cm³/mol. The van der Waals surface area contributed by atoms with Crippen LogP contribution in [0.4, 0.5) is 0 Å². The van der Waals surface area contributed by atoms with E-state index in [2.05, 4.69) is 5.32 Å². The second kappa shape index (κ2) is 8.21. The third kappa shape index (κ3) is 3.80. The van der Waals surface area contributed by atoms with Crippen LogP contribution >= 0.6 is 0 Å². The number of carbonyl (C=O) groups is 3. The Morgan fingerprint density at radius 2 is 1.60 bits per heavy atom. The molecule has 6 nitrogen and oxygen atoms in total. The second-order valence-electron chi connectivity index (χ2n) is 6.98. The molecule has 1 aliphatic heterocycles. The van der Waals surface area contributed by atoms with E-state index in [0.717, 1.165) is 11.1 Å². The van der Waals surface area contributed by atoms with Crippen molar-refractivity contribution in [1.82, 2.24) is 10.2 Å². The summed E-state index contributed by atoms with van der Waals surface area (Å²) in [5, 5.41) is 2.83. The monoisotopic (exact) mass is 400 g/mol. The fourth-order valence-electron chi connectivity index (χ4n) is 3.41. The standard InChI is InChI=1S/C24H20N2O4/c1-30-19-9-5-8-17(12-19)14-25-22(27)18-10-11-20-21(13-18)24(29)26(23(20)28)15-16-6-3-2-4-7-16/h2-13H,14-15H2,1H3,(H,25,27). The first-order valence-corrected chi connectivity index (χ1v) is 9.52. The number of carbonyl (C=O) groups excluding carboxylic acids is 3. The molecule has 0 bridgehead atoms. The molecule has 3 aromatic rings. The number of ether oxygens (including phenoxy) is 1. The highest BCUT2D eigenvalue weighted by Crippen LogP contribution is 2.25. The Morgan fingerprint density at radius 3 is 2.37 bits per heavy atom. The first-order chi connectivity index (χ1) is 14.6. The van der Waals surface area contributed by atoms with Crippen LogP contribution in [-0.4, -0.2) is 29.7 Å². The van der Waals surface area contributed by atoms with Gasteiger partial charge in [-0.2, -0.15) is 0 Å². The van der Waals surface area contributed by atoms with Crippen molar-refractivity contribution in [2.75, 3.05) is 7.11 Å². The molecule has 0 aliphatic carbocycles. The Balaban J connectivity index is 1.48. The smallest absolute Gasteiger partial charge is 0.261 e. The molecular weight excluding hydrogens is 380 g/mol. The zero-order chi connectivity index (χ0) is 21.1. The van der Waals surface area contributed by atoms with Crippen molar-refractivity contribution in [3.05, 3.63) is 101 Å². The average molecular weight is 400 g/mol. The van der Waals surface area contributed by atoms with Gasteiger partial charge in [-0.25, -0.2) is 0 Å². The van der Waals surface area contributed by atoms with Crippen molar-refractivity contribution in [3.63, 3.8) is 0 Å². The predicted octanol–water partition coefficient (Wildman–Crippen LogP) is 3.42. The largest absolute Gasteiger partial charge is 0.497 e. The third-order valence-corrected chi connectivity index (χ3v) is 5.00. The molecule has 30 heavy (non-hydrogen) atoms. The lowest BCUT2D eigenvalue weighted by Crippen LogP contribution is -2.29. The van der Waals surface area contributed by atoms with Gasteiger partial charge in [0.05, 0.1) is 24.8 Å². The minimum Gasteiger partial charge on any atom is -0.497 e. The van der Waals surface area contributed by atoms with E-state index in [-0.39, 0.29) is 29.8 Å². The molecule has 0 spiro atoms. The SMILES string of the molecule is COc1cccc(CNC(=O)c2ccc3c(c2)C(=O)N(Cc2ccccc2)C3=O)c1. The summed E-state index contributed by atoms with van der Waals surface area (Å²) in [5.74, 6) is -0.340. The van der Waals surface area contributed by atoms with Gasteiger partial charge in [0.1, 0.15) is 5.75 Å². The van der Waals surface area contributed by atoms with Crippen molar-refractivity contribution < 1.29 is 19.1 Å². The number of nitrogens with one attached hydrogen (secondary N) is 1. The molecule has 0 radical (unpaired) electrons. The van der Waals surface area contributed by atoms with Crippen LogP contribution in [0.5, 0.6) is 5.75 Å². The highest BCUT2D eigenvalue weighted by molar-refractivity contribution is 6.22. The van der Waals surface area contributed by atoms with Crippen molar-refractivity contribution in [2.45, 2.75) is 13.1 Å². The molecule has 0 fully saturated rings. The van der Waals surface area contributed by atoms with Crippen LogP contribution in [0.1, 0.15) is 42.2 Å². The molecule has 1 heterocycles. The number of imide groups is 1.